The lowest BCUT2D eigenvalue weighted by atomic mass is 10.1. The highest BCUT2D eigenvalue weighted by molar-refractivity contribution is 5.96. The van der Waals surface area contributed by atoms with Crippen molar-refractivity contribution in [3.8, 4) is 0 Å². The first kappa shape index (κ1) is 19.3. The number of carbonyl (C=O) groups excluding carboxylic acids is 3. The van der Waals surface area contributed by atoms with Gasteiger partial charge < -0.3 is 20.4 Å². The molecule has 0 aliphatic carbocycles. The third kappa shape index (κ3) is 4.84. The van der Waals surface area contributed by atoms with Gasteiger partial charge in [0.15, 0.2) is 13.1 Å². The van der Waals surface area contributed by atoms with Crippen molar-refractivity contribution in [3.63, 3.8) is 0 Å². The van der Waals surface area contributed by atoms with E-state index in [4.69, 9.17) is 0 Å². The van der Waals surface area contributed by atoms with Gasteiger partial charge in [-0.15, -0.1) is 0 Å². The van der Waals surface area contributed by atoms with Gasteiger partial charge in [0.1, 0.15) is 26.2 Å². The van der Waals surface area contributed by atoms with E-state index in [1.807, 2.05) is 32.0 Å². The van der Waals surface area contributed by atoms with E-state index in [-0.39, 0.29) is 17.8 Å². The predicted octanol–water partition coefficient (Wildman–Crippen LogP) is -2.42. The SMILES string of the molecule is Cc1cccc(NC(=O)C[NH+]2CC[NH+](CC(=O)N3CCNC3=O)CC2)c1C. The Bertz CT molecular complexity index is 728. The molecule has 4 N–H and O–H groups in total. The number of carbonyl (C=O) groups is 3. The highest BCUT2D eigenvalue weighted by atomic mass is 16.2. The Morgan fingerprint density at radius 3 is 2.41 bits per heavy atom. The number of urea groups is 1. The lowest BCUT2D eigenvalue weighted by Gasteiger charge is -2.29. The van der Waals surface area contributed by atoms with Crippen LogP contribution in [0.4, 0.5) is 10.5 Å². The number of amides is 4. The molecule has 0 atom stereocenters. The first-order valence-electron chi connectivity index (χ1n) is 9.55. The number of nitrogens with one attached hydrogen (secondary N) is 4. The third-order valence-corrected chi connectivity index (χ3v) is 5.51. The van der Waals surface area contributed by atoms with E-state index in [9.17, 15) is 14.4 Å². The van der Waals surface area contributed by atoms with Crippen LogP contribution in [0.2, 0.25) is 0 Å². The monoisotopic (exact) mass is 375 g/mol. The van der Waals surface area contributed by atoms with Crippen LogP contribution in [0.3, 0.4) is 0 Å². The number of hydrogen-bond donors (Lipinski definition) is 4. The Morgan fingerprint density at radius 1 is 1.11 bits per heavy atom. The molecule has 8 heteroatoms. The summed E-state index contributed by atoms with van der Waals surface area (Å²) >= 11 is 0. The Morgan fingerprint density at radius 2 is 1.78 bits per heavy atom. The second-order valence-electron chi connectivity index (χ2n) is 7.43. The van der Waals surface area contributed by atoms with Gasteiger partial charge in [0.2, 0.25) is 0 Å². The van der Waals surface area contributed by atoms with Crippen LogP contribution >= 0.6 is 0 Å². The number of nitrogens with zero attached hydrogens (tertiary/aromatic N) is 1. The van der Waals surface area contributed by atoms with Crippen LogP contribution in [0.1, 0.15) is 11.1 Å². The van der Waals surface area contributed by atoms with E-state index in [2.05, 4.69) is 10.6 Å². The van der Waals surface area contributed by atoms with Gasteiger partial charge in [0, 0.05) is 18.8 Å². The quantitative estimate of drug-likeness (QED) is 0.462. The van der Waals surface area contributed by atoms with Crippen LogP contribution in [0.25, 0.3) is 0 Å². The van der Waals surface area contributed by atoms with Crippen molar-refractivity contribution in [2.75, 3.05) is 57.7 Å². The number of aryl methyl sites for hydroxylation is 1. The molecule has 2 aliphatic heterocycles. The summed E-state index contributed by atoms with van der Waals surface area (Å²) < 4.78 is 0. The summed E-state index contributed by atoms with van der Waals surface area (Å²) in [7, 11) is 0. The van der Waals surface area contributed by atoms with Gasteiger partial charge in [0.05, 0.1) is 0 Å². The van der Waals surface area contributed by atoms with Crippen LogP contribution in [0.15, 0.2) is 18.2 Å². The second kappa shape index (κ2) is 8.49. The number of quaternary nitrogens is 2. The fourth-order valence-corrected chi connectivity index (χ4v) is 3.64. The van der Waals surface area contributed by atoms with Gasteiger partial charge in [-0.25, -0.2) is 4.79 Å². The molecule has 0 spiro atoms. The normalized spacial score (nSPS) is 22.4. The molecule has 2 aliphatic rings. The lowest BCUT2D eigenvalue weighted by Crippen LogP contribution is -3.28. The van der Waals surface area contributed by atoms with Crippen molar-refractivity contribution in [1.29, 1.82) is 0 Å². The van der Waals surface area contributed by atoms with Crippen LogP contribution in [0, 0.1) is 13.8 Å². The van der Waals surface area contributed by atoms with E-state index in [0.717, 1.165) is 43.0 Å². The molecule has 0 saturated carbocycles. The van der Waals surface area contributed by atoms with E-state index < -0.39 is 0 Å². The zero-order valence-electron chi connectivity index (χ0n) is 16.1. The Hall–Kier alpha value is -2.45. The maximum absolute atomic E-state index is 12.4. The lowest BCUT2D eigenvalue weighted by molar-refractivity contribution is -1.00. The van der Waals surface area contributed by atoms with Crippen LogP contribution in [-0.4, -0.2) is 75.1 Å². The molecule has 1 aromatic rings. The molecule has 0 bridgehead atoms. The number of imide groups is 1. The number of piperazine rings is 1. The van der Waals surface area contributed by atoms with Crippen molar-refractivity contribution >= 4 is 23.5 Å². The Balaban J connectivity index is 1.42. The van der Waals surface area contributed by atoms with Crippen molar-refractivity contribution in [1.82, 2.24) is 10.2 Å². The van der Waals surface area contributed by atoms with Gasteiger partial charge in [-0.2, -0.15) is 0 Å². The molecule has 0 unspecified atom stereocenters. The average Bonchev–Trinajstić information content (AvgIpc) is 3.07. The summed E-state index contributed by atoms with van der Waals surface area (Å²) in [6, 6.07) is 5.62. The first-order chi connectivity index (χ1) is 12.9. The number of anilines is 1. The molecular weight excluding hydrogens is 346 g/mol. The molecule has 146 valence electrons. The van der Waals surface area contributed by atoms with Crippen molar-refractivity contribution in [3.05, 3.63) is 29.3 Å². The van der Waals surface area contributed by atoms with E-state index in [1.54, 1.807) is 0 Å². The standard InChI is InChI=1S/C19H27N5O3/c1-14-4-3-5-16(15(14)2)21-17(25)12-22-8-10-23(11-9-22)13-18(26)24-7-6-20-19(24)27/h3-5H,6-13H2,1-2H3,(H,20,27)(H,21,25)/p+2. The van der Waals surface area contributed by atoms with E-state index in [1.165, 1.54) is 14.7 Å². The zero-order valence-corrected chi connectivity index (χ0v) is 16.1. The minimum Gasteiger partial charge on any atom is -0.336 e. The minimum atomic E-state index is -0.285. The largest absolute Gasteiger partial charge is 0.336 e. The van der Waals surface area contributed by atoms with Gasteiger partial charge in [0.25, 0.3) is 11.8 Å². The Kier molecular flexibility index (Phi) is 6.08. The molecule has 0 radical (unpaired) electrons. The summed E-state index contributed by atoms with van der Waals surface area (Å²) in [4.78, 5) is 39.9. The van der Waals surface area contributed by atoms with Crippen molar-refractivity contribution < 1.29 is 24.2 Å². The average molecular weight is 375 g/mol. The molecule has 3 rings (SSSR count). The fourth-order valence-electron chi connectivity index (χ4n) is 3.64. The summed E-state index contributed by atoms with van der Waals surface area (Å²) in [6.07, 6.45) is 0. The summed E-state index contributed by atoms with van der Waals surface area (Å²) in [5, 5.41) is 5.66. The molecule has 8 nitrogen and oxygen atoms in total. The maximum Gasteiger partial charge on any atom is 0.324 e. The summed E-state index contributed by atoms with van der Waals surface area (Å²) in [5.41, 5.74) is 3.13. The smallest absolute Gasteiger partial charge is 0.324 e. The van der Waals surface area contributed by atoms with Crippen LogP contribution in [-0.2, 0) is 9.59 Å². The van der Waals surface area contributed by atoms with Gasteiger partial charge in [-0.3, -0.25) is 14.5 Å². The molecule has 4 amide bonds. The number of hydrogen-bond acceptors (Lipinski definition) is 3. The minimum absolute atomic E-state index is 0.0203. The third-order valence-electron chi connectivity index (χ3n) is 5.51. The van der Waals surface area contributed by atoms with Crippen molar-refractivity contribution in [2.24, 2.45) is 0 Å². The highest BCUT2D eigenvalue weighted by Gasteiger charge is 2.31. The number of benzene rings is 1. The zero-order chi connectivity index (χ0) is 19.4. The maximum atomic E-state index is 12.4. The fraction of sp³-hybridized carbons (Fsp3) is 0.526. The van der Waals surface area contributed by atoms with Gasteiger partial charge >= 0.3 is 6.03 Å². The molecule has 27 heavy (non-hydrogen) atoms. The second-order valence-corrected chi connectivity index (χ2v) is 7.43. The molecule has 1 aromatic carbocycles. The molecular formula is C19H29N5O3+2. The van der Waals surface area contributed by atoms with Crippen LogP contribution in [0.5, 0.6) is 0 Å². The van der Waals surface area contributed by atoms with Crippen molar-refractivity contribution in [2.45, 2.75) is 13.8 Å². The first-order valence-corrected chi connectivity index (χ1v) is 9.55. The Labute approximate surface area is 159 Å². The van der Waals surface area contributed by atoms with E-state index in [0.29, 0.717) is 26.2 Å². The molecule has 2 saturated heterocycles. The van der Waals surface area contributed by atoms with Gasteiger partial charge in [-0.05, 0) is 31.0 Å². The summed E-state index contributed by atoms with van der Waals surface area (Å²) in [6.45, 7) is 9.15. The molecule has 2 heterocycles. The van der Waals surface area contributed by atoms with Gasteiger partial charge in [-0.1, -0.05) is 12.1 Å². The predicted molar refractivity (Wildman–Crippen MR) is 101 cm³/mol. The van der Waals surface area contributed by atoms with E-state index >= 15 is 0 Å². The highest BCUT2D eigenvalue weighted by Crippen LogP contribution is 2.17. The topological polar surface area (TPSA) is 87.4 Å². The summed E-state index contributed by atoms with van der Waals surface area (Å²) in [5.74, 6) is -0.0944. The molecule has 2 fully saturated rings. The molecule has 0 aromatic heterocycles. The van der Waals surface area contributed by atoms with Crippen LogP contribution < -0.4 is 20.4 Å². The number of rotatable bonds is 5.